The highest BCUT2D eigenvalue weighted by Crippen LogP contribution is 2.32. The van der Waals surface area contributed by atoms with Crippen molar-refractivity contribution in [2.75, 3.05) is 48.0 Å². The molecule has 0 saturated carbocycles. The van der Waals surface area contributed by atoms with E-state index in [9.17, 15) is 13.6 Å². The molecule has 12 heteroatoms. The molecule has 2 amide bonds. The molecule has 38 heavy (non-hydrogen) atoms. The molecule has 0 bridgehead atoms. The molecule has 1 fully saturated rings. The Balaban J connectivity index is 1.41. The second-order valence-corrected chi connectivity index (χ2v) is 9.27. The van der Waals surface area contributed by atoms with Crippen molar-refractivity contribution in [3.63, 3.8) is 0 Å². The number of morpholine rings is 1. The zero-order chi connectivity index (χ0) is 26.5. The van der Waals surface area contributed by atoms with Gasteiger partial charge in [-0.2, -0.15) is 0 Å². The lowest BCUT2D eigenvalue weighted by molar-refractivity contribution is 0.0984. The largest absolute Gasteiger partial charge is 0.377 e. The van der Waals surface area contributed by atoms with Crippen LogP contribution in [0.25, 0.3) is 11.4 Å². The zero-order valence-corrected chi connectivity index (χ0v) is 21.1. The Bertz CT molecular complexity index is 1250. The number of fused-ring (bicyclic) bond motifs is 1. The number of ether oxygens (including phenoxy) is 1. The van der Waals surface area contributed by atoms with E-state index in [2.05, 4.69) is 37.3 Å². The topological polar surface area (TPSA) is 108 Å². The summed E-state index contributed by atoms with van der Waals surface area (Å²) in [7, 11) is 0. The van der Waals surface area contributed by atoms with Gasteiger partial charge < -0.3 is 25.2 Å². The number of aromatic nitrogens is 4. The van der Waals surface area contributed by atoms with Crippen molar-refractivity contribution in [1.82, 2.24) is 25.3 Å². The minimum atomic E-state index is -2.45. The number of rotatable bonds is 7. The number of carbonyl (C=O) groups excluding carboxylic acids is 1. The number of amides is 2. The molecule has 2 N–H and O–H groups in total. The van der Waals surface area contributed by atoms with Crippen molar-refractivity contribution in [2.45, 2.75) is 38.8 Å². The van der Waals surface area contributed by atoms with Gasteiger partial charge in [-0.25, -0.2) is 33.5 Å². The summed E-state index contributed by atoms with van der Waals surface area (Å²) < 4.78 is 30.3. The Morgan fingerprint density at radius 2 is 1.95 bits per heavy atom. The van der Waals surface area contributed by atoms with Crippen LogP contribution < -0.4 is 20.4 Å². The van der Waals surface area contributed by atoms with E-state index in [4.69, 9.17) is 14.7 Å². The fraction of sp³-hybridized carbons (Fsp3) is 0.423. The van der Waals surface area contributed by atoms with Gasteiger partial charge in [-0.1, -0.05) is 0 Å². The highest BCUT2D eigenvalue weighted by atomic mass is 19.3. The first kappa shape index (κ1) is 25.7. The molecule has 4 heterocycles. The summed E-state index contributed by atoms with van der Waals surface area (Å²) >= 11 is 0. The molecule has 200 valence electrons. The first-order valence-corrected chi connectivity index (χ1v) is 12.7. The van der Waals surface area contributed by atoms with E-state index < -0.39 is 12.5 Å². The van der Waals surface area contributed by atoms with E-state index in [0.717, 1.165) is 42.1 Å². The summed E-state index contributed by atoms with van der Waals surface area (Å²) in [5, 5.41) is 5.08. The number of nitrogens with zero attached hydrogens (tertiary/aromatic N) is 6. The smallest absolute Gasteiger partial charge is 0.319 e. The van der Waals surface area contributed by atoms with Gasteiger partial charge in [-0.05, 0) is 43.7 Å². The maximum atomic E-state index is 12.3. The second kappa shape index (κ2) is 11.6. The molecule has 2 aliphatic heterocycles. The van der Waals surface area contributed by atoms with Crippen molar-refractivity contribution in [3.05, 3.63) is 54.0 Å². The third-order valence-corrected chi connectivity index (χ3v) is 6.57. The predicted molar refractivity (Wildman–Crippen MR) is 140 cm³/mol. The SMILES string of the molecule is C[C@H]1COCCN1c1nc(-c2ccc(NC(=O)NCCC(F)F)cc2)nc2c1CCN(c1ncccn1)C2. The number of anilines is 3. The molecule has 2 aromatic heterocycles. The second-order valence-electron chi connectivity index (χ2n) is 9.27. The van der Waals surface area contributed by atoms with E-state index in [0.29, 0.717) is 37.2 Å². The molecule has 0 aliphatic carbocycles. The van der Waals surface area contributed by atoms with Crippen LogP contribution in [0, 0.1) is 0 Å². The minimum Gasteiger partial charge on any atom is -0.377 e. The first-order valence-electron chi connectivity index (χ1n) is 12.7. The highest BCUT2D eigenvalue weighted by Gasteiger charge is 2.29. The predicted octanol–water partition coefficient (Wildman–Crippen LogP) is 3.50. The van der Waals surface area contributed by atoms with E-state index in [1.165, 1.54) is 0 Å². The lowest BCUT2D eigenvalue weighted by Crippen LogP contribution is -2.45. The van der Waals surface area contributed by atoms with Crippen LogP contribution in [-0.4, -0.2) is 71.3 Å². The summed E-state index contributed by atoms with van der Waals surface area (Å²) in [6.07, 6.45) is 1.40. The fourth-order valence-corrected chi connectivity index (χ4v) is 4.62. The van der Waals surface area contributed by atoms with Crippen molar-refractivity contribution in [3.8, 4) is 11.4 Å². The van der Waals surface area contributed by atoms with Gasteiger partial charge in [0.25, 0.3) is 0 Å². The lowest BCUT2D eigenvalue weighted by atomic mass is 10.0. The fourth-order valence-electron chi connectivity index (χ4n) is 4.62. The highest BCUT2D eigenvalue weighted by molar-refractivity contribution is 5.89. The van der Waals surface area contributed by atoms with Crippen LogP contribution in [0.5, 0.6) is 0 Å². The number of carbonyl (C=O) groups is 1. The van der Waals surface area contributed by atoms with Crippen molar-refractivity contribution in [2.24, 2.45) is 0 Å². The number of hydrogen-bond donors (Lipinski definition) is 2. The van der Waals surface area contributed by atoms with Crippen LogP contribution in [0.4, 0.5) is 31.0 Å². The normalized spacial score (nSPS) is 17.3. The van der Waals surface area contributed by atoms with E-state index in [1.807, 2.05) is 12.1 Å². The van der Waals surface area contributed by atoms with Gasteiger partial charge >= 0.3 is 6.03 Å². The number of halogens is 2. The Kier molecular flexibility index (Phi) is 7.87. The molecular formula is C26H30F2N8O2. The van der Waals surface area contributed by atoms with E-state index in [1.54, 1.807) is 30.6 Å². The van der Waals surface area contributed by atoms with E-state index in [-0.39, 0.29) is 19.0 Å². The van der Waals surface area contributed by atoms with Gasteiger partial charge in [0, 0.05) is 55.3 Å². The number of hydrogen-bond acceptors (Lipinski definition) is 8. The average molecular weight is 525 g/mol. The van der Waals surface area contributed by atoms with Crippen molar-refractivity contribution in [1.29, 1.82) is 0 Å². The van der Waals surface area contributed by atoms with Crippen LogP contribution in [0.1, 0.15) is 24.6 Å². The number of benzene rings is 1. The van der Waals surface area contributed by atoms with Crippen LogP contribution in [0.3, 0.4) is 0 Å². The first-order chi connectivity index (χ1) is 18.5. The summed E-state index contributed by atoms with van der Waals surface area (Å²) in [6.45, 7) is 5.40. The lowest BCUT2D eigenvalue weighted by Gasteiger charge is -2.37. The Morgan fingerprint density at radius 3 is 2.68 bits per heavy atom. The molecule has 5 rings (SSSR count). The van der Waals surface area contributed by atoms with Crippen LogP contribution in [0.15, 0.2) is 42.7 Å². The average Bonchev–Trinajstić information content (AvgIpc) is 2.93. The molecule has 1 aromatic carbocycles. The maximum absolute atomic E-state index is 12.3. The zero-order valence-electron chi connectivity index (χ0n) is 21.1. The Hall–Kier alpha value is -3.93. The van der Waals surface area contributed by atoms with Crippen molar-refractivity contribution < 1.29 is 18.3 Å². The van der Waals surface area contributed by atoms with Gasteiger partial charge in [0.1, 0.15) is 5.82 Å². The molecule has 0 radical (unpaired) electrons. The monoisotopic (exact) mass is 524 g/mol. The minimum absolute atomic E-state index is 0.0989. The summed E-state index contributed by atoms with van der Waals surface area (Å²) in [4.78, 5) is 35.2. The molecule has 1 saturated heterocycles. The van der Waals surface area contributed by atoms with Gasteiger partial charge in [0.05, 0.1) is 31.5 Å². The number of urea groups is 1. The molecule has 2 aliphatic rings. The maximum Gasteiger partial charge on any atom is 0.319 e. The van der Waals surface area contributed by atoms with Crippen LogP contribution in [-0.2, 0) is 17.7 Å². The molecular weight excluding hydrogens is 494 g/mol. The molecule has 0 unspecified atom stereocenters. The molecule has 10 nitrogen and oxygen atoms in total. The third-order valence-electron chi connectivity index (χ3n) is 6.57. The van der Waals surface area contributed by atoms with Gasteiger partial charge in [-0.3, -0.25) is 0 Å². The summed E-state index contributed by atoms with van der Waals surface area (Å²) in [5.74, 6) is 2.18. The Labute approximate surface area is 219 Å². The van der Waals surface area contributed by atoms with Crippen molar-refractivity contribution >= 4 is 23.5 Å². The quantitative estimate of drug-likeness (QED) is 0.484. The molecule has 0 spiro atoms. The number of nitrogens with one attached hydrogen (secondary N) is 2. The van der Waals surface area contributed by atoms with Gasteiger partial charge in [-0.15, -0.1) is 0 Å². The summed E-state index contributed by atoms with van der Waals surface area (Å²) in [6, 6.07) is 8.60. The van der Waals surface area contributed by atoms with E-state index >= 15 is 0 Å². The van der Waals surface area contributed by atoms with Crippen LogP contribution >= 0.6 is 0 Å². The molecule has 3 aromatic rings. The third kappa shape index (κ3) is 5.96. The number of alkyl halides is 2. The standard InChI is InChI=1S/C26H30F2N8O2/c1-17-16-38-14-13-36(17)24-20-8-12-35(25-29-9-2-10-30-25)15-21(20)33-23(34-24)18-3-5-19(6-4-18)32-26(37)31-11-7-22(27)28/h2-6,9-10,17,22H,7-8,11-16H2,1H3,(H2,31,32,37)/t17-/m0/s1. The molecule has 1 atom stereocenters. The van der Waals surface area contributed by atoms with Gasteiger partial charge in [0.2, 0.25) is 12.4 Å². The summed E-state index contributed by atoms with van der Waals surface area (Å²) in [5.41, 5.74) is 3.40. The van der Waals surface area contributed by atoms with Gasteiger partial charge in [0.15, 0.2) is 5.82 Å². The van der Waals surface area contributed by atoms with Crippen LogP contribution in [0.2, 0.25) is 0 Å². The Morgan fingerprint density at radius 1 is 1.16 bits per heavy atom.